The first-order chi connectivity index (χ1) is 11.3. The van der Waals surface area contributed by atoms with E-state index in [-0.39, 0.29) is 19.1 Å². The van der Waals surface area contributed by atoms with E-state index in [0.717, 1.165) is 16.0 Å². The number of nitrogens with one attached hydrogen (secondary N) is 1. The lowest BCUT2D eigenvalue weighted by atomic mass is 9.93. The number of ether oxygens (including phenoxy) is 1. The summed E-state index contributed by atoms with van der Waals surface area (Å²) < 4.78 is 5.65. The van der Waals surface area contributed by atoms with E-state index in [2.05, 4.69) is 5.32 Å². The largest absolute Gasteiger partial charge is 0.491 e. The quantitative estimate of drug-likeness (QED) is 0.749. The Bertz CT molecular complexity index is 625. The first-order valence-electron chi connectivity index (χ1n) is 8.35. The summed E-state index contributed by atoms with van der Waals surface area (Å²) in [5.41, 5.74) is 1.19. The summed E-state index contributed by atoms with van der Waals surface area (Å²) in [7, 11) is 0. The Morgan fingerprint density at radius 2 is 1.92 bits per heavy atom. The lowest BCUT2D eigenvalue weighted by molar-refractivity contribution is -0.132. The molecule has 1 atom stereocenters. The Labute approximate surface area is 142 Å². The van der Waals surface area contributed by atoms with Crippen LogP contribution in [0.15, 0.2) is 18.2 Å². The Kier molecular flexibility index (Phi) is 5.49. The number of amides is 3. The van der Waals surface area contributed by atoms with Gasteiger partial charge in [0.1, 0.15) is 24.0 Å². The number of aliphatic hydroxyl groups excluding tert-OH is 1. The zero-order valence-electron chi connectivity index (χ0n) is 14.8. The van der Waals surface area contributed by atoms with E-state index in [1.54, 1.807) is 0 Å². The van der Waals surface area contributed by atoms with Crippen LogP contribution in [0.2, 0.25) is 0 Å². The molecule has 2 N–H and O–H groups in total. The number of aliphatic hydroxyl groups is 1. The highest BCUT2D eigenvalue weighted by Gasteiger charge is 2.48. The summed E-state index contributed by atoms with van der Waals surface area (Å²) in [6.07, 6.45) is 0.114. The summed E-state index contributed by atoms with van der Waals surface area (Å²) in [6.45, 7) is 7.57. The number of benzene rings is 1. The van der Waals surface area contributed by atoms with Crippen molar-refractivity contribution in [2.75, 3.05) is 13.2 Å². The molecule has 1 aliphatic rings. The fourth-order valence-corrected chi connectivity index (χ4v) is 2.88. The maximum absolute atomic E-state index is 12.5. The van der Waals surface area contributed by atoms with Crippen LogP contribution < -0.4 is 10.1 Å². The average Bonchev–Trinajstić information content (AvgIpc) is 2.80. The van der Waals surface area contributed by atoms with Crippen LogP contribution in [0, 0.1) is 13.8 Å². The Morgan fingerprint density at radius 3 is 2.50 bits per heavy atom. The molecule has 0 unspecified atom stereocenters. The van der Waals surface area contributed by atoms with E-state index in [1.165, 1.54) is 0 Å². The normalized spacial score (nSPS) is 17.8. The van der Waals surface area contributed by atoms with E-state index >= 15 is 0 Å². The molecule has 0 saturated carbocycles. The van der Waals surface area contributed by atoms with Gasteiger partial charge in [-0.3, -0.25) is 9.69 Å². The molecule has 1 aromatic rings. The standard InChI is InChI=1S/C18H26N2O4/c1-5-18(6-2)16(22)20(17(23)19-18)10-14(21)11-24-15-9-12(3)7-8-13(15)4/h7-9,14,21H,5-6,10-11H2,1-4H3,(H,19,23)/t14-/m1/s1. The molecule has 1 fully saturated rings. The minimum absolute atomic E-state index is 0.0204. The smallest absolute Gasteiger partial charge is 0.325 e. The third-order valence-corrected chi connectivity index (χ3v) is 4.62. The van der Waals surface area contributed by atoms with Gasteiger partial charge in [-0.25, -0.2) is 4.79 Å². The molecule has 132 valence electrons. The number of urea groups is 1. The number of rotatable bonds is 7. The lowest BCUT2D eigenvalue weighted by Crippen LogP contribution is -2.46. The zero-order chi connectivity index (χ0) is 17.9. The van der Waals surface area contributed by atoms with Gasteiger partial charge >= 0.3 is 6.03 Å². The molecule has 6 heteroatoms. The minimum Gasteiger partial charge on any atom is -0.491 e. The van der Waals surface area contributed by atoms with Gasteiger partial charge in [-0.15, -0.1) is 0 Å². The SMILES string of the molecule is CCC1(CC)NC(=O)N(C[C@@H](O)COc2cc(C)ccc2C)C1=O. The van der Waals surface area contributed by atoms with Crippen LogP contribution in [0.4, 0.5) is 4.79 Å². The van der Waals surface area contributed by atoms with Crippen molar-refractivity contribution in [3.63, 3.8) is 0 Å². The molecule has 6 nitrogen and oxygen atoms in total. The Hall–Kier alpha value is -2.08. The summed E-state index contributed by atoms with van der Waals surface area (Å²) in [4.78, 5) is 25.7. The zero-order valence-corrected chi connectivity index (χ0v) is 14.8. The molecule has 0 aromatic heterocycles. The second-order valence-corrected chi connectivity index (χ2v) is 6.37. The van der Waals surface area contributed by atoms with Crippen LogP contribution in [0.1, 0.15) is 37.8 Å². The predicted octanol–water partition coefficient (Wildman–Crippen LogP) is 2.15. The van der Waals surface area contributed by atoms with E-state index in [1.807, 2.05) is 45.9 Å². The molecule has 0 aliphatic carbocycles. The maximum Gasteiger partial charge on any atom is 0.325 e. The van der Waals surface area contributed by atoms with Crippen LogP contribution in [-0.4, -0.2) is 46.7 Å². The molecule has 1 heterocycles. The highest BCUT2D eigenvalue weighted by atomic mass is 16.5. The molecule has 0 bridgehead atoms. The van der Waals surface area contributed by atoms with Gasteiger partial charge in [-0.05, 0) is 43.9 Å². The number of hydrogen-bond acceptors (Lipinski definition) is 4. The summed E-state index contributed by atoms with van der Waals surface area (Å²) in [5, 5.41) is 12.9. The summed E-state index contributed by atoms with van der Waals surface area (Å²) in [5.74, 6) is 0.422. The van der Waals surface area contributed by atoms with Crippen molar-refractivity contribution >= 4 is 11.9 Å². The fourth-order valence-electron chi connectivity index (χ4n) is 2.88. The molecular formula is C18H26N2O4. The fraction of sp³-hybridized carbons (Fsp3) is 0.556. The highest BCUT2D eigenvalue weighted by Crippen LogP contribution is 2.25. The molecular weight excluding hydrogens is 308 g/mol. The van der Waals surface area contributed by atoms with Crippen LogP contribution in [0.25, 0.3) is 0 Å². The molecule has 2 rings (SSSR count). The van der Waals surface area contributed by atoms with E-state index in [9.17, 15) is 14.7 Å². The first-order valence-corrected chi connectivity index (χ1v) is 8.35. The number of nitrogens with zero attached hydrogens (tertiary/aromatic N) is 1. The Morgan fingerprint density at radius 1 is 1.25 bits per heavy atom. The van der Waals surface area contributed by atoms with E-state index in [0.29, 0.717) is 18.6 Å². The topological polar surface area (TPSA) is 78.9 Å². The third-order valence-electron chi connectivity index (χ3n) is 4.62. The van der Waals surface area contributed by atoms with Gasteiger partial charge in [-0.1, -0.05) is 26.0 Å². The Balaban J connectivity index is 1.97. The third kappa shape index (κ3) is 3.53. The van der Waals surface area contributed by atoms with Gasteiger partial charge < -0.3 is 15.2 Å². The van der Waals surface area contributed by atoms with Crippen LogP contribution >= 0.6 is 0 Å². The number of imide groups is 1. The molecule has 0 spiro atoms. The molecule has 1 aliphatic heterocycles. The van der Waals surface area contributed by atoms with Gasteiger partial charge in [0.15, 0.2) is 0 Å². The second-order valence-electron chi connectivity index (χ2n) is 6.37. The van der Waals surface area contributed by atoms with Crippen molar-refractivity contribution in [2.24, 2.45) is 0 Å². The van der Waals surface area contributed by atoms with Crippen molar-refractivity contribution in [3.8, 4) is 5.75 Å². The van der Waals surface area contributed by atoms with Gasteiger partial charge in [-0.2, -0.15) is 0 Å². The second kappa shape index (κ2) is 7.21. The van der Waals surface area contributed by atoms with Gasteiger partial charge in [0.25, 0.3) is 5.91 Å². The molecule has 1 aromatic carbocycles. The monoisotopic (exact) mass is 334 g/mol. The van der Waals surface area contributed by atoms with Crippen molar-refractivity contribution in [3.05, 3.63) is 29.3 Å². The van der Waals surface area contributed by atoms with Crippen LogP contribution in [-0.2, 0) is 4.79 Å². The molecule has 3 amide bonds. The van der Waals surface area contributed by atoms with Gasteiger partial charge in [0.2, 0.25) is 0 Å². The van der Waals surface area contributed by atoms with Crippen molar-refractivity contribution in [2.45, 2.75) is 52.2 Å². The predicted molar refractivity (Wildman–Crippen MR) is 91.0 cm³/mol. The minimum atomic E-state index is -0.941. The van der Waals surface area contributed by atoms with Crippen molar-refractivity contribution in [1.29, 1.82) is 0 Å². The number of carbonyl (C=O) groups excluding carboxylic acids is 2. The first kappa shape index (κ1) is 18.3. The van der Waals surface area contributed by atoms with Gasteiger partial charge in [0.05, 0.1) is 6.54 Å². The van der Waals surface area contributed by atoms with Crippen molar-refractivity contribution < 1.29 is 19.4 Å². The number of aryl methyl sites for hydroxylation is 2. The molecule has 24 heavy (non-hydrogen) atoms. The average molecular weight is 334 g/mol. The lowest BCUT2D eigenvalue weighted by Gasteiger charge is -2.24. The maximum atomic E-state index is 12.5. The molecule has 0 radical (unpaired) electrons. The van der Waals surface area contributed by atoms with Crippen LogP contribution in [0.3, 0.4) is 0 Å². The highest BCUT2D eigenvalue weighted by molar-refractivity contribution is 6.07. The summed E-state index contributed by atoms with van der Waals surface area (Å²) >= 11 is 0. The number of β-amino-alcohol motifs (C(OH)–C–C–N with tert-alkyl or cyclic N) is 1. The molecule has 1 saturated heterocycles. The van der Waals surface area contributed by atoms with E-state index in [4.69, 9.17) is 4.74 Å². The van der Waals surface area contributed by atoms with Gasteiger partial charge in [0, 0.05) is 0 Å². The van der Waals surface area contributed by atoms with Crippen molar-refractivity contribution in [1.82, 2.24) is 10.2 Å². The number of hydrogen-bond donors (Lipinski definition) is 2. The van der Waals surface area contributed by atoms with E-state index < -0.39 is 17.7 Å². The number of carbonyl (C=O) groups is 2. The summed E-state index contributed by atoms with van der Waals surface area (Å²) in [6, 6.07) is 5.39. The van der Waals surface area contributed by atoms with Crippen LogP contribution in [0.5, 0.6) is 5.75 Å².